The van der Waals surface area contributed by atoms with Crippen molar-refractivity contribution in [1.82, 2.24) is 4.90 Å². The fourth-order valence-corrected chi connectivity index (χ4v) is 3.03. The number of hydrogen-bond donors (Lipinski definition) is 1. The van der Waals surface area contributed by atoms with Crippen LogP contribution in [0.1, 0.15) is 36.1 Å². The lowest BCUT2D eigenvalue weighted by Gasteiger charge is -2.32. The molecule has 1 aliphatic heterocycles. The fourth-order valence-electron chi connectivity index (χ4n) is 3.03. The van der Waals surface area contributed by atoms with Gasteiger partial charge in [-0.25, -0.2) is 13.2 Å². The van der Waals surface area contributed by atoms with Crippen molar-refractivity contribution in [2.45, 2.75) is 25.0 Å². The summed E-state index contributed by atoms with van der Waals surface area (Å²) < 4.78 is 39.8. The first-order valence-corrected chi connectivity index (χ1v) is 7.65. The summed E-state index contributed by atoms with van der Waals surface area (Å²) in [4.78, 5) is 13.6. The van der Waals surface area contributed by atoms with E-state index in [1.807, 2.05) is 0 Å². The number of hydrogen-bond acceptors (Lipinski definition) is 2. The maximum atomic E-state index is 13.5. The summed E-state index contributed by atoms with van der Waals surface area (Å²) in [7, 11) is 0. The highest BCUT2D eigenvalue weighted by atomic mass is 19.2. The Labute approximate surface area is 137 Å². The van der Waals surface area contributed by atoms with Crippen molar-refractivity contribution in [3.05, 3.63) is 71.0 Å². The van der Waals surface area contributed by atoms with Crippen LogP contribution in [0.25, 0.3) is 0 Å². The molecule has 1 heterocycles. The van der Waals surface area contributed by atoms with E-state index in [9.17, 15) is 23.1 Å². The maximum absolute atomic E-state index is 13.5. The van der Waals surface area contributed by atoms with E-state index >= 15 is 0 Å². The SMILES string of the molecule is O=C1CCCN1C(c1ccc(F)cc1)C(O)c1ccc(F)c(F)c1. The normalized spacial score (nSPS) is 17.2. The zero-order chi connectivity index (χ0) is 17.3. The van der Waals surface area contributed by atoms with Crippen LogP contribution in [-0.2, 0) is 4.79 Å². The summed E-state index contributed by atoms with van der Waals surface area (Å²) in [5.74, 6) is -2.66. The minimum atomic E-state index is -1.26. The van der Waals surface area contributed by atoms with Crippen molar-refractivity contribution in [1.29, 1.82) is 0 Å². The molecule has 2 unspecified atom stereocenters. The van der Waals surface area contributed by atoms with Crippen LogP contribution in [0.4, 0.5) is 13.2 Å². The molecular formula is C18H16F3NO2. The molecule has 0 aromatic heterocycles. The van der Waals surface area contributed by atoms with Crippen LogP contribution in [0.2, 0.25) is 0 Å². The van der Waals surface area contributed by atoms with Gasteiger partial charge in [0.2, 0.25) is 5.91 Å². The third-order valence-corrected chi connectivity index (χ3v) is 4.24. The Hall–Kier alpha value is -2.34. The van der Waals surface area contributed by atoms with E-state index in [1.54, 1.807) is 0 Å². The molecule has 24 heavy (non-hydrogen) atoms. The van der Waals surface area contributed by atoms with Gasteiger partial charge in [0.15, 0.2) is 11.6 Å². The predicted molar refractivity (Wildman–Crippen MR) is 81.4 cm³/mol. The van der Waals surface area contributed by atoms with Crippen LogP contribution < -0.4 is 0 Å². The van der Waals surface area contributed by atoms with Gasteiger partial charge in [0.1, 0.15) is 11.9 Å². The van der Waals surface area contributed by atoms with Crippen molar-refractivity contribution in [2.24, 2.45) is 0 Å². The molecule has 2 aromatic rings. The lowest BCUT2D eigenvalue weighted by Crippen LogP contribution is -2.34. The average molecular weight is 335 g/mol. The minimum Gasteiger partial charge on any atom is -0.386 e. The monoisotopic (exact) mass is 335 g/mol. The zero-order valence-corrected chi connectivity index (χ0v) is 12.8. The van der Waals surface area contributed by atoms with Gasteiger partial charge in [-0.05, 0) is 41.8 Å². The smallest absolute Gasteiger partial charge is 0.223 e. The van der Waals surface area contributed by atoms with Gasteiger partial charge in [0.25, 0.3) is 0 Å². The quantitative estimate of drug-likeness (QED) is 0.929. The molecule has 0 aliphatic carbocycles. The first-order valence-electron chi connectivity index (χ1n) is 7.65. The molecule has 126 valence electrons. The third-order valence-electron chi connectivity index (χ3n) is 4.24. The summed E-state index contributed by atoms with van der Waals surface area (Å²) in [5.41, 5.74) is 0.687. The van der Waals surface area contributed by atoms with Crippen LogP contribution in [-0.4, -0.2) is 22.5 Å². The largest absolute Gasteiger partial charge is 0.386 e. The summed E-state index contributed by atoms with van der Waals surface area (Å²) in [6, 6.07) is 7.77. The Morgan fingerprint density at radius 2 is 1.62 bits per heavy atom. The highest BCUT2D eigenvalue weighted by Crippen LogP contribution is 2.37. The number of rotatable bonds is 4. The predicted octanol–water partition coefficient (Wildman–Crippen LogP) is 3.50. The summed E-state index contributed by atoms with van der Waals surface area (Å²) in [6.07, 6.45) is -0.240. The molecule has 0 radical (unpaired) electrons. The molecule has 6 heteroatoms. The van der Waals surface area contributed by atoms with Crippen LogP contribution in [0.5, 0.6) is 0 Å². The highest BCUT2D eigenvalue weighted by Gasteiger charge is 2.35. The zero-order valence-electron chi connectivity index (χ0n) is 12.8. The van der Waals surface area contributed by atoms with Crippen molar-refractivity contribution < 1.29 is 23.1 Å². The van der Waals surface area contributed by atoms with Gasteiger partial charge < -0.3 is 10.0 Å². The van der Waals surface area contributed by atoms with Gasteiger partial charge >= 0.3 is 0 Å². The number of likely N-dealkylation sites (tertiary alicyclic amines) is 1. The number of carbonyl (C=O) groups is 1. The second kappa shape index (κ2) is 6.65. The summed E-state index contributed by atoms with van der Waals surface area (Å²) in [5, 5.41) is 10.7. The maximum Gasteiger partial charge on any atom is 0.223 e. The lowest BCUT2D eigenvalue weighted by molar-refractivity contribution is -0.132. The van der Waals surface area contributed by atoms with Crippen LogP contribution in [0, 0.1) is 17.5 Å². The van der Waals surface area contributed by atoms with Gasteiger partial charge in [-0.15, -0.1) is 0 Å². The molecule has 1 fully saturated rings. The van der Waals surface area contributed by atoms with E-state index in [4.69, 9.17) is 0 Å². The topological polar surface area (TPSA) is 40.5 Å². The molecular weight excluding hydrogens is 319 g/mol. The van der Waals surface area contributed by atoms with Crippen LogP contribution in [0.15, 0.2) is 42.5 Å². The molecule has 1 amide bonds. The molecule has 3 rings (SSSR count). The molecule has 1 aliphatic rings. The van der Waals surface area contributed by atoms with Crippen LogP contribution >= 0.6 is 0 Å². The van der Waals surface area contributed by atoms with Gasteiger partial charge in [0, 0.05) is 13.0 Å². The summed E-state index contributed by atoms with van der Waals surface area (Å²) in [6.45, 7) is 0.446. The molecule has 2 aromatic carbocycles. The Kier molecular flexibility index (Phi) is 4.57. The Bertz CT molecular complexity index is 748. The lowest BCUT2D eigenvalue weighted by atomic mass is 9.94. The first kappa shape index (κ1) is 16.5. The average Bonchev–Trinajstić information content (AvgIpc) is 2.98. The molecule has 1 N–H and O–H groups in total. The first-order chi connectivity index (χ1) is 11.5. The molecule has 2 atom stereocenters. The molecule has 1 saturated heterocycles. The molecule has 0 saturated carbocycles. The molecule has 0 spiro atoms. The number of amides is 1. The third kappa shape index (κ3) is 3.14. The van der Waals surface area contributed by atoms with Crippen molar-refractivity contribution in [2.75, 3.05) is 6.54 Å². The minimum absolute atomic E-state index is 0.133. The van der Waals surface area contributed by atoms with E-state index in [0.717, 1.165) is 12.1 Å². The van der Waals surface area contributed by atoms with E-state index in [0.29, 0.717) is 24.9 Å². The Balaban J connectivity index is 2.01. The summed E-state index contributed by atoms with van der Waals surface area (Å²) >= 11 is 0. The number of nitrogens with zero attached hydrogens (tertiary/aromatic N) is 1. The number of benzene rings is 2. The Morgan fingerprint density at radius 1 is 0.958 bits per heavy atom. The van der Waals surface area contributed by atoms with Gasteiger partial charge in [-0.1, -0.05) is 18.2 Å². The second-order valence-electron chi connectivity index (χ2n) is 5.81. The number of halogens is 3. The van der Waals surface area contributed by atoms with Gasteiger partial charge in [-0.2, -0.15) is 0 Å². The molecule has 0 bridgehead atoms. The van der Waals surface area contributed by atoms with E-state index < -0.39 is 29.6 Å². The van der Waals surface area contributed by atoms with Crippen molar-refractivity contribution in [3.8, 4) is 0 Å². The highest BCUT2D eigenvalue weighted by molar-refractivity contribution is 5.78. The number of aliphatic hydroxyl groups is 1. The van der Waals surface area contributed by atoms with Crippen molar-refractivity contribution in [3.63, 3.8) is 0 Å². The standard InChI is InChI=1S/C18H16F3NO2/c19-13-6-3-11(4-7-13)17(22-9-1-2-16(22)23)18(24)12-5-8-14(20)15(21)10-12/h3-8,10,17-18,24H,1-2,9H2. The van der Waals surface area contributed by atoms with Gasteiger partial charge in [-0.3, -0.25) is 4.79 Å². The van der Waals surface area contributed by atoms with Crippen LogP contribution in [0.3, 0.4) is 0 Å². The van der Waals surface area contributed by atoms with Crippen molar-refractivity contribution >= 4 is 5.91 Å². The molecule has 3 nitrogen and oxygen atoms in total. The number of aliphatic hydroxyl groups excluding tert-OH is 1. The van der Waals surface area contributed by atoms with Gasteiger partial charge in [0.05, 0.1) is 6.04 Å². The number of carbonyl (C=O) groups excluding carboxylic acids is 1. The van der Waals surface area contributed by atoms with E-state index in [2.05, 4.69) is 0 Å². The second-order valence-corrected chi connectivity index (χ2v) is 5.81. The fraction of sp³-hybridized carbons (Fsp3) is 0.278. The van der Waals surface area contributed by atoms with E-state index in [-0.39, 0.29) is 11.5 Å². The van der Waals surface area contributed by atoms with E-state index in [1.165, 1.54) is 35.2 Å². The Morgan fingerprint density at radius 3 is 2.21 bits per heavy atom.